The van der Waals surface area contributed by atoms with E-state index in [0.29, 0.717) is 16.2 Å². The van der Waals surface area contributed by atoms with Gasteiger partial charge in [0.25, 0.3) is 0 Å². The van der Waals surface area contributed by atoms with Crippen molar-refractivity contribution in [3.05, 3.63) is 21.9 Å². The van der Waals surface area contributed by atoms with Crippen molar-refractivity contribution < 1.29 is 9.53 Å². The second-order valence-corrected chi connectivity index (χ2v) is 3.90. The maximum atomic E-state index is 11.0. The Bertz CT molecular complexity index is 274. The average Bonchev–Trinajstić information content (AvgIpc) is 2.17. The normalized spacial score (nSPS) is 21.1. The fourth-order valence-corrected chi connectivity index (χ4v) is 1.22. The van der Waals surface area contributed by atoms with Crippen LogP contribution in [0, 0.1) is 5.92 Å². The molecule has 0 aromatic carbocycles. The van der Waals surface area contributed by atoms with Crippen LogP contribution in [0.4, 0.5) is 0 Å². The largest absolute Gasteiger partial charge is 0.423 e. The van der Waals surface area contributed by atoms with Crippen LogP contribution in [-0.2, 0) is 9.53 Å². The molecule has 2 nitrogen and oxygen atoms in total. The molecule has 1 rings (SSSR count). The first-order chi connectivity index (χ1) is 5.52. The lowest BCUT2D eigenvalue weighted by molar-refractivity contribution is -0.132. The Morgan fingerprint density at radius 1 is 1.50 bits per heavy atom. The van der Waals surface area contributed by atoms with Crippen LogP contribution >= 0.6 is 15.9 Å². The zero-order valence-electron chi connectivity index (χ0n) is 7.35. The van der Waals surface area contributed by atoms with Gasteiger partial charge in [0, 0.05) is 5.57 Å². The van der Waals surface area contributed by atoms with E-state index >= 15 is 0 Å². The molecular formula is C9H11BrO2. The number of cyclic esters (lactones) is 1. The maximum absolute atomic E-state index is 11.0. The van der Waals surface area contributed by atoms with Crippen molar-refractivity contribution >= 4 is 21.9 Å². The first-order valence-electron chi connectivity index (χ1n) is 3.83. The Morgan fingerprint density at radius 2 is 2.08 bits per heavy atom. The molecule has 0 radical (unpaired) electrons. The van der Waals surface area contributed by atoms with E-state index in [-0.39, 0.29) is 5.97 Å². The fourth-order valence-electron chi connectivity index (χ4n) is 0.944. The third-order valence-corrected chi connectivity index (χ3v) is 2.48. The average molecular weight is 231 g/mol. The molecule has 12 heavy (non-hydrogen) atoms. The molecular weight excluding hydrogens is 220 g/mol. The molecule has 66 valence electrons. The Kier molecular flexibility index (Phi) is 2.73. The lowest BCUT2D eigenvalue weighted by atomic mass is 10.1. The topological polar surface area (TPSA) is 26.3 Å². The van der Waals surface area contributed by atoms with Gasteiger partial charge in [-0.15, -0.1) is 0 Å². The van der Waals surface area contributed by atoms with Gasteiger partial charge in [-0.25, -0.2) is 4.79 Å². The molecule has 1 aliphatic heterocycles. The minimum absolute atomic E-state index is 0.292. The van der Waals surface area contributed by atoms with Crippen molar-refractivity contribution in [2.45, 2.75) is 20.8 Å². The van der Waals surface area contributed by atoms with Crippen molar-refractivity contribution in [1.82, 2.24) is 0 Å². The van der Waals surface area contributed by atoms with Crippen molar-refractivity contribution in [2.75, 3.05) is 0 Å². The molecule has 0 spiro atoms. The van der Waals surface area contributed by atoms with E-state index in [9.17, 15) is 4.79 Å². The monoisotopic (exact) mass is 230 g/mol. The summed E-state index contributed by atoms with van der Waals surface area (Å²) in [5.41, 5.74) is 0.883. The van der Waals surface area contributed by atoms with E-state index in [1.807, 2.05) is 26.8 Å². The van der Waals surface area contributed by atoms with Crippen LogP contribution in [0.25, 0.3) is 0 Å². The number of esters is 1. The van der Waals surface area contributed by atoms with Gasteiger partial charge in [0.2, 0.25) is 0 Å². The molecule has 1 heterocycles. The molecule has 0 unspecified atom stereocenters. The standard InChI is InChI=1S/C9H11BrO2/c1-5(2)4-7-6(3)8(10)9(11)12-7/h4-5H,1-3H3/b7-4-. The van der Waals surface area contributed by atoms with Gasteiger partial charge < -0.3 is 4.74 Å². The van der Waals surface area contributed by atoms with E-state index < -0.39 is 0 Å². The van der Waals surface area contributed by atoms with Gasteiger partial charge in [-0.2, -0.15) is 0 Å². The fraction of sp³-hybridized carbons (Fsp3) is 0.444. The van der Waals surface area contributed by atoms with Crippen LogP contribution in [0.3, 0.4) is 0 Å². The Hall–Kier alpha value is -0.570. The predicted octanol–water partition coefficient (Wildman–Crippen LogP) is 2.75. The van der Waals surface area contributed by atoms with Crippen LogP contribution < -0.4 is 0 Å². The quantitative estimate of drug-likeness (QED) is 0.648. The van der Waals surface area contributed by atoms with Gasteiger partial charge >= 0.3 is 5.97 Å². The summed E-state index contributed by atoms with van der Waals surface area (Å²) in [4.78, 5) is 11.0. The summed E-state index contributed by atoms with van der Waals surface area (Å²) in [5, 5.41) is 0. The van der Waals surface area contributed by atoms with Gasteiger partial charge in [-0.3, -0.25) is 0 Å². The summed E-state index contributed by atoms with van der Waals surface area (Å²) in [6.07, 6.45) is 1.93. The van der Waals surface area contributed by atoms with Gasteiger partial charge in [0.15, 0.2) is 0 Å². The van der Waals surface area contributed by atoms with Gasteiger partial charge in [-0.05, 0) is 34.8 Å². The molecule has 0 atom stereocenters. The first kappa shape index (κ1) is 9.52. The molecule has 1 aliphatic rings. The van der Waals surface area contributed by atoms with Crippen molar-refractivity contribution in [3.8, 4) is 0 Å². The van der Waals surface area contributed by atoms with E-state index in [1.54, 1.807) is 0 Å². The highest BCUT2D eigenvalue weighted by Gasteiger charge is 2.24. The number of halogens is 1. The van der Waals surface area contributed by atoms with Crippen molar-refractivity contribution in [1.29, 1.82) is 0 Å². The van der Waals surface area contributed by atoms with Crippen LogP contribution in [0.15, 0.2) is 21.9 Å². The maximum Gasteiger partial charge on any atom is 0.351 e. The molecule has 0 aromatic rings. The van der Waals surface area contributed by atoms with E-state index in [1.165, 1.54) is 0 Å². The Labute approximate surface area is 80.4 Å². The third kappa shape index (κ3) is 1.78. The summed E-state index contributed by atoms with van der Waals surface area (Å²) in [6.45, 7) is 5.95. The molecule has 0 N–H and O–H groups in total. The van der Waals surface area contributed by atoms with Gasteiger partial charge in [0.05, 0.1) is 0 Å². The lowest BCUT2D eigenvalue weighted by Gasteiger charge is -2.00. The highest BCUT2D eigenvalue weighted by Crippen LogP contribution is 2.30. The van der Waals surface area contributed by atoms with Crippen LogP contribution in [0.5, 0.6) is 0 Å². The smallest absolute Gasteiger partial charge is 0.351 e. The van der Waals surface area contributed by atoms with Crippen LogP contribution in [0.2, 0.25) is 0 Å². The van der Waals surface area contributed by atoms with Crippen molar-refractivity contribution in [3.63, 3.8) is 0 Å². The minimum atomic E-state index is -0.292. The van der Waals surface area contributed by atoms with Gasteiger partial charge in [-0.1, -0.05) is 13.8 Å². The highest BCUT2D eigenvalue weighted by molar-refractivity contribution is 9.12. The summed E-state index contributed by atoms with van der Waals surface area (Å²) in [6, 6.07) is 0. The van der Waals surface area contributed by atoms with Gasteiger partial charge in [0.1, 0.15) is 10.2 Å². The summed E-state index contributed by atoms with van der Waals surface area (Å²) in [7, 11) is 0. The zero-order valence-corrected chi connectivity index (χ0v) is 8.94. The van der Waals surface area contributed by atoms with Crippen LogP contribution in [0.1, 0.15) is 20.8 Å². The van der Waals surface area contributed by atoms with Crippen molar-refractivity contribution in [2.24, 2.45) is 5.92 Å². The number of ether oxygens (including phenoxy) is 1. The molecule has 0 aliphatic carbocycles. The number of allylic oxidation sites excluding steroid dienone is 2. The molecule has 3 heteroatoms. The molecule has 0 saturated heterocycles. The van der Waals surface area contributed by atoms with E-state index in [0.717, 1.165) is 5.57 Å². The molecule has 0 fully saturated rings. The second-order valence-electron chi connectivity index (χ2n) is 3.10. The number of carbonyl (C=O) groups is 1. The molecule has 0 saturated carbocycles. The predicted molar refractivity (Wildman–Crippen MR) is 50.6 cm³/mol. The SMILES string of the molecule is CC1=C(Br)C(=O)O/C1=C\C(C)C. The third-order valence-electron chi connectivity index (χ3n) is 1.57. The zero-order chi connectivity index (χ0) is 9.30. The second kappa shape index (κ2) is 3.44. The number of hydrogen-bond acceptors (Lipinski definition) is 2. The number of hydrogen-bond donors (Lipinski definition) is 0. The highest BCUT2D eigenvalue weighted by atomic mass is 79.9. The minimum Gasteiger partial charge on any atom is -0.423 e. The number of rotatable bonds is 1. The molecule has 0 amide bonds. The summed E-state index contributed by atoms with van der Waals surface area (Å²) in [5.74, 6) is 0.780. The van der Waals surface area contributed by atoms with E-state index in [2.05, 4.69) is 15.9 Å². The number of carbonyl (C=O) groups excluding carboxylic acids is 1. The van der Waals surface area contributed by atoms with E-state index in [4.69, 9.17) is 4.74 Å². The molecule has 0 bridgehead atoms. The summed E-state index contributed by atoms with van der Waals surface area (Å²) < 4.78 is 5.53. The lowest BCUT2D eigenvalue weighted by Crippen LogP contribution is -1.94. The Morgan fingerprint density at radius 3 is 2.42 bits per heavy atom. The summed E-state index contributed by atoms with van der Waals surface area (Å²) >= 11 is 3.16. The first-order valence-corrected chi connectivity index (χ1v) is 4.62. The Balaban J connectivity index is 2.95. The van der Waals surface area contributed by atoms with Crippen LogP contribution in [-0.4, -0.2) is 5.97 Å². The molecule has 0 aromatic heterocycles.